The van der Waals surface area contributed by atoms with Gasteiger partial charge in [0.05, 0.1) is 6.42 Å². The zero-order valence-corrected chi connectivity index (χ0v) is 17.6. The molecule has 1 unspecified atom stereocenters. The second-order valence-corrected chi connectivity index (χ2v) is 7.41. The number of rotatable bonds is 9. The van der Waals surface area contributed by atoms with Crippen LogP contribution in [-0.2, 0) is 29.0 Å². The zero-order valence-electron chi connectivity index (χ0n) is 17.6. The Morgan fingerprint density at radius 2 is 1.42 bits per heavy atom. The number of likely N-dealkylation sites (N-methyl/N-ethyl adjacent to an activating group) is 1. The van der Waals surface area contributed by atoms with Crippen LogP contribution < -0.4 is 5.32 Å². The average Bonchev–Trinajstić information content (AvgIpc) is 2.79. The molecular weight excluding hydrogens is 391 g/mol. The lowest BCUT2D eigenvalue weighted by Crippen LogP contribution is -2.50. The van der Waals surface area contributed by atoms with Crippen molar-refractivity contribution >= 4 is 11.8 Å². The Morgan fingerprint density at radius 1 is 0.839 bits per heavy atom. The predicted octanol–water partition coefficient (Wildman–Crippen LogP) is 4.14. The Balaban J connectivity index is 1.92. The largest absolute Gasteiger partial charge is 0.355 e. The molecule has 0 aromatic heterocycles. The van der Waals surface area contributed by atoms with Gasteiger partial charge in [-0.2, -0.15) is 0 Å². The summed E-state index contributed by atoms with van der Waals surface area (Å²) in [5, 5.41) is 2.88. The van der Waals surface area contributed by atoms with Gasteiger partial charge in [-0.25, -0.2) is 4.39 Å². The van der Waals surface area contributed by atoms with Gasteiger partial charge in [0.1, 0.15) is 11.9 Å². The van der Waals surface area contributed by atoms with Crippen molar-refractivity contribution in [3.8, 4) is 0 Å². The second kappa shape index (κ2) is 11.1. The number of hydrogen-bond donors (Lipinski definition) is 1. The highest BCUT2D eigenvalue weighted by Gasteiger charge is 2.30. The van der Waals surface area contributed by atoms with E-state index in [1.165, 1.54) is 12.1 Å². The molecule has 3 rings (SSSR count). The van der Waals surface area contributed by atoms with Crippen molar-refractivity contribution in [3.05, 3.63) is 107 Å². The third-order valence-electron chi connectivity index (χ3n) is 5.09. The van der Waals surface area contributed by atoms with Gasteiger partial charge in [0.25, 0.3) is 0 Å². The fourth-order valence-corrected chi connectivity index (χ4v) is 3.50. The van der Waals surface area contributed by atoms with Crippen molar-refractivity contribution in [2.24, 2.45) is 0 Å². The van der Waals surface area contributed by atoms with Crippen molar-refractivity contribution in [2.45, 2.75) is 32.4 Å². The van der Waals surface area contributed by atoms with E-state index in [9.17, 15) is 14.0 Å². The maximum absolute atomic E-state index is 13.4. The maximum atomic E-state index is 13.4. The predicted molar refractivity (Wildman–Crippen MR) is 120 cm³/mol. The van der Waals surface area contributed by atoms with E-state index in [2.05, 4.69) is 5.32 Å². The van der Waals surface area contributed by atoms with Crippen LogP contribution in [0.5, 0.6) is 0 Å². The monoisotopic (exact) mass is 418 g/mol. The number of nitrogens with one attached hydrogen (secondary N) is 1. The molecule has 1 N–H and O–H groups in total. The van der Waals surface area contributed by atoms with Crippen LogP contribution in [0.1, 0.15) is 23.6 Å². The van der Waals surface area contributed by atoms with E-state index in [0.717, 1.165) is 11.1 Å². The number of carbonyl (C=O) groups excluding carboxylic acids is 2. The van der Waals surface area contributed by atoms with Crippen LogP contribution in [0, 0.1) is 5.82 Å². The van der Waals surface area contributed by atoms with Crippen LogP contribution in [0.4, 0.5) is 4.39 Å². The van der Waals surface area contributed by atoms with Crippen LogP contribution in [0.3, 0.4) is 0 Å². The molecule has 0 aliphatic heterocycles. The number of carbonyl (C=O) groups is 2. The summed E-state index contributed by atoms with van der Waals surface area (Å²) < 4.78 is 13.3. The van der Waals surface area contributed by atoms with Crippen molar-refractivity contribution in [3.63, 3.8) is 0 Å². The number of halogens is 1. The number of nitrogens with zero attached hydrogens (tertiary/aromatic N) is 1. The van der Waals surface area contributed by atoms with Crippen LogP contribution in [0.2, 0.25) is 0 Å². The van der Waals surface area contributed by atoms with Crippen molar-refractivity contribution in [1.29, 1.82) is 0 Å². The molecule has 5 heteroatoms. The lowest BCUT2D eigenvalue weighted by molar-refractivity contribution is -0.140. The minimum Gasteiger partial charge on any atom is -0.355 e. The van der Waals surface area contributed by atoms with Gasteiger partial charge in [-0.1, -0.05) is 72.8 Å². The van der Waals surface area contributed by atoms with Crippen molar-refractivity contribution in [2.75, 3.05) is 6.54 Å². The first-order valence-electron chi connectivity index (χ1n) is 10.5. The van der Waals surface area contributed by atoms with Crippen LogP contribution in [0.25, 0.3) is 0 Å². The normalized spacial score (nSPS) is 11.5. The third kappa shape index (κ3) is 6.51. The summed E-state index contributed by atoms with van der Waals surface area (Å²) in [4.78, 5) is 28.1. The van der Waals surface area contributed by atoms with Crippen molar-refractivity contribution in [1.82, 2.24) is 10.2 Å². The summed E-state index contributed by atoms with van der Waals surface area (Å²) in [6.45, 7) is 2.66. The Bertz CT molecular complexity index is 975. The highest BCUT2D eigenvalue weighted by atomic mass is 19.1. The summed E-state index contributed by atoms with van der Waals surface area (Å²) >= 11 is 0. The maximum Gasteiger partial charge on any atom is 0.243 e. The first-order chi connectivity index (χ1) is 15.1. The molecule has 0 spiro atoms. The van der Waals surface area contributed by atoms with E-state index in [1.807, 2.05) is 67.6 Å². The van der Waals surface area contributed by atoms with Gasteiger partial charge in [0, 0.05) is 19.5 Å². The standard InChI is InChI=1S/C26H27FN2O2/c1-2-28-26(31)24(17-20-9-5-3-6-10-20)29(19-22-11-7-4-8-12-22)25(30)18-21-13-15-23(27)16-14-21/h3-16,24H,2,17-19H2,1H3,(H,28,31). The molecule has 0 radical (unpaired) electrons. The van der Waals surface area contributed by atoms with Gasteiger partial charge in [-0.05, 0) is 35.7 Å². The molecule has 0 fully saturated rings. The Labute approximate surface area is 182 Å². The van der Waals surface area contributed by atoms with Crippen LogP contribution >= 0.6 is 0 Å². The molecule has 2 amide bonds. The smallest absolute Gasteiger partial charge is 0.243 e. The Hall–Kier alpha value is -3.47. The molecule has 0 saturated heterocycles. The van der Waals surface area contributed by atoms with Gasteiger partial charge in [0.15, 0.2) is 0 Å². The molecule has 0 bridgehead atoms. The lowest BCUT2D eigenvalue weighted by Gasteiger charge is -2.31. The molecular formula is C26H27FN2O2. The Morgan fingerprint density at radius 3 is 2.00 bits per heavy atom. The number of amides is 2. The van der Waals surface area contributed by atoms with E-state index < -0.39 is 6.04 Å². The van der Waals surface area contributed by atoms with Crippen LogP contribution in [0.15, 0.2) is 84.9 Å². The highest BCUT2D eigenvalue weighted by Crippen LogP contribution is 2.17. The minimum absolute atomic E-state index is 0.0950. The SMILES string of the molecule is CCNC(=O)C(Cc1ccccc1)N(Cc1ccccc1)C(=O)Cc1ccc(F)cc1. The summed E-state index contributed by atoms with van der Waals surface area (Å²) in [7, 11) is 0. The van der Waals surface area contributed by atoms with Gasteiger partial charge in [-0.3, -0.25) is 9.59 Å². The molecule has 3 aromatic rings. The minimum atomic E-state index is -0.657. The fraction of sp³-hybridized carbons (Fsp3) is 0.231. The molecule has 0 heterocycles. The van der Waals surface area contributed by atoms with E-state index in [0.29, 0.717) is 25.1 Å². The third-order valence-corrected chi connectivity index (χ3v) is 5.09. The molecule has 0 saturated carbocycles. The highest BCUT2D eigenvalue weighted by molar-refractivity contribution is 5.88. The van der Waals surface area contributed by atoms with Gasteiger partial charge < -0.3 is 10.2 Å². The molecule has 0 aliphatic carbocycles. The first-order valence-corrected chi connectivity index (χ1v) is 10.5. The molecule has 3 aromatic carbocycles. The molecule has 4 nitrogen and oxygen atoms in total. The van der Waals surface area contributed by atoms with E-state index in [4.69, 9.17) is 0 Å². The summed E-state index contributed by atoms with van der Waals surface area (Å²) in [6.07, 6.45) is 0.506. The number of hydrogen-bond acceptors (Lipinski definition) is 2. The molecule has 160 valence electrons. The van der Waals surface area contributed by atoms with Gasteiger partial charge in [0.2, 0.25) is 11.8 Å². The molecule has 0 aliphatic rings. The van der Waals surface area contributed by atoms with E-state index in [1.54, 1.807) is 17.0 Å². The summed E-state index contributed by atoms with van der Waals surface area (Å²) in [5.74, 6) is -0.709. The van der Waals surface area contributed by atoms with Gasteiger partial charge in [-0.15, -0.1) is 0 Å². The van der Waals surface area contributed by atoms with E-state index in [-0.39, 0.29) is 24.1 Å². The molecule has 31 heavy (non-hydrogen) atoms. The fourth-order valence-electron chi connectivity index (χ4n) is 3.50. The first kappa shape index (κ1) is 22.2. The lowest BCUT2D eigenvalue weighted by atomic mass is 10.0. The molecule has 1 atom stereocenters. The van der Waals surface area contributed by atoms with Gasteiger partial charge >= 0.3 is 0 Å². The topological polar surface area (TPSA) is 49.4 Å². The van der Waals surface area contributed by atoms with E-state index >= 15 is 0 Å². The van der Waals surface area contributed by atoms with Crippen LogP contribution in [-0.4, -0.2) is 29.3 Å². The zero-order chi connectivity index (χ0) is 22.1. The quantitative estimate of drug-likeness (QED) is 0.568. The van der Waals surface area contributed by atoms with Crippen molar-refractivity contribution < 1.29 is 14.0 Å². The summed E-state index contributed by atoms with van der Waals surface area (Å²) in [5.41, 5.74) is 2.63. The average molecular weight is 419 g/mol. The number of benzene rings is 3. The Kier molecular flexibility index (Phi) is 7.93. The summed E-state index contributed by atoms with van der Waals surface area (Å²) in [6, 6.07) is 24.5. The second-order valence-electron chi connectivity index (χ2n) is 7.41.